The summed E-state index contributed by atoms with van der Waals surface area (Å²) in [7, 11) is 3.04. The molecule has 1 aromatic rings. The smallest absolute Gasteiger partial charge is 0.421 e. The summed E-state index contributed by atoms with van der Waals surface area (Å²) in [5.74, 6) is -2.87. The average molecular weight is 309 g/mol. The number of carbonyl (C=O) groups is 1. The van der Waals surface area contributed by atoms with Crippen molar-refractivity contribution in [3.05, 3.63) is 17.7 Å². The van der Waals surface area contributed by atoms with Crippen molar-refractivity contribution in [3.8, 4) is 17.2 Å². The van der Waals surface area contributed by atoms with Crippen LogP contribution in [0.5, 0.6) is 17.2 Å². The van der Waals surface area contributed by atoms with Crippen LogP contribution in [0, 0.1) is 0 Å². The molecule has 0 bridgehead atoms. The number of rotatable bonds is 4. The van der Waals surface area contributed by atoms with Crippen molar-refractivity contribution in [2.75, 3.05) is 21.3 Å². The van der Waals surface area contributed by atoms with Crippen LogP contribution in [0.25, 0.3) is 0 Å². The van der Waals surface area contributed by atoms with Gasteiger partial charge in [-0.25, -0.2) is 4.79 Å². The number of phenolic OH excluding ortho intramolecular Hbond substituents is 1. The van der Waals surface area contributed by atoms with E-state index in [-0.39, 0.29) is 11.5 Å². The predicted octanol–water partition coefficient (Wildman–Crippen LogP) is 1.30. The Kier molecular flexibility index (Phi) is 4.57. The molecule has 6 nitrogen and oxygen atoms in total. The molecule has 9 heteroatoms. The summed E-state index contributed by atoms with van der Waals surface area (Å²) in [6, 6.07) is 1.59. The second-order valence-corrected chi connectivity index (χ2v) is 4.03. The van der Waals surface area contributed by atoms with Crippen LogP contribution in [0.4, 0.5) is 13.2 Å². The van der Waals surface area contributed by atoms with Crippen molar-refractivity contribution in [1.82, 2.24) is 0 Å². The maximum absolute atomic E-state index is 13.2. The van der Waals surface area contributed by atoms with Crippen LogP contribution >= 0.6 is 0 Å². The molecule has 0 aromatic heterocycles. The van der Waals surface area contributed by atoms with E-state index in [0.29, 0.717) is 0 Å². The van der Waals surface area contributed by atoms with E-state index in [1.165, 1.54) is 0 Å². The number of aromatic hydroxyl groups is 1. The lowest BCUT2D eigenvalue weighted by Crippen LogP contribution is -2.57. The summed E-state index contributed by atoms with van der Waals surface area (Å²) < 4.78 is 53.3. The van der Waals surface area contributed by atoms with Gasteiger partial charge >= 0.3 is 12.1 Å². The summed E-state index contributed by atoms with van der Waals surface area (Å²) >= 11 is 0. The van der Waals surface area contributed by atoms with Crippen LogP contribution in [0.2, 0.25) is 0 Å². The van der Waals surface area contributed by atoms with E-state index in [2.05, 4.69) is 4.74 Å². The zero-order valence-electron chi connectivity index (χ0n) is 11.4. The van der Waals surface area contributed by atoms with Crippen molar-refractivity contribution >= 4 is 5.97 Å². The van der Waals surface area contributed by atoms with Gasteiger partial charge in [-0.3, -0.25) is 0 Å². The molecule has 0 spiro atoms. The van der Waals surface area contributed by atoms with E-state index in [1.807, 2.05) is 0 Å². The number of ether oxygens (including phenoxy) is 3. The van der Waals surface area contributed by atoms with E-state index in [0.717, 1.165) is 33.5 Å². The Bertz CT molecular complexity index is 521. The highest BCUT2D eigenvalue weighted by molar-refractivity contribution is 5.84. The first-order valence-electron chi connectivity index (χ1n) is 5.53. The summed E-state index contributed by atoms with van der Waals surface area (Å²) in [5, 5.41) is 9.69. The Morgan fingerprint density at radius 1 is 1.14 bits per heavy atom. The van der Waals surface area contributed by atoms with Gasteiger partial charge in [0, 0.05) is 5.56 Å². The van der Waals surface area contributed by atoms with Gasteiger partial charge in [-0.1, -0.05) is 0 Å². The van der Waals surface area contributed by atoms with Gasteiger partial charge in [-0.15, -0.1) is 0 Å². The molecule has 3 N–H and O–H groups in total. The van der Waals surface area contributed by atoms with Crippen molar-refractivity contribution in [2.45, 2.75) is 11.7 Å². The fraction of sp³-hybridized carbons (Fsp3) is 0.417. The zero-order chi connectivity index (χ0) is 16.4. The molecular weight excluding hydrogens is 295 g/mol. The van der Waals surface area contributed by atoms with Crippen molar-refractivity contribution in [2.24, 2.45) is 5.73 Å². The second kappa shape index (κ2) is 5.68. The number of phenols is 1. The zero-order valence-corrected chi connectivity index (χ0v) is 11.4. The molecule has 0 aliphatic carbocycles. The molecule has 1 unspecified atom stereocenters. The topological polar surface area (TPSA) is 91.0 Å². The Morgan fingerprint density at radius 2 is 1.57 bits per heavy atom. The van der Waals surface area contributed by atoms with Gasteiger partial charge in [0.2, 0.25) is 11.3 Å². The molecular formula is C12H14F3NO5. The lowest BCUT2D eigenvalue weighted by molar-refractivity contribution is -0.206. The number of methoxy groups -OCH3 is 3. The lowest BCUT2D eigenvalue weighted by Gasteiger charge is -2.29. The molecule has 21 heavy (non-hydrogen) atoms. The van der Waals surface area contributed by atoms with Crippen molar-refractivity contribution < 1.29 is 37.3 Å². The Labute approximate surface area is 118 Å². The van der Waals surface area contributed by atoms with Gasteiger partial charge in [0.1, 0.15) is 0 Å². The number of alkyl halides is 3. The monoisotopic (exact) mass is 309 g/mol. The molecule has 1 aromatic carbocycles. The van der Waals surface area contributed by atoms with Crippen LogP contribution in [0.1, 0.15) is 5.56 Å². The normalized spacial score (nSPS) is 14.2. The minimum Gasteiger partial charge on any atom is -0.502 e. The Morgan fingerprint density at radius 3 is 1.86 bits per heavy atom. The maximum atomic E-state index is 13.2. The number of benzene rings is 1. The van der Waals surface area contributed by atoms with Gasteiger partial charge < -0.3 is 25.1 Å². The van der Waals surface area contributed by atoms with Gasteiger partial charge in [0.05, 0.1) is 21.3 Å². The number of esters is 1. The molecule has 1 rings (SSSR count). The molecule has 0 aliphatic rings. The van der Waals surface area contributed by atoms with Crippen LogP contribution in [-0.4, -0.2) is 38.6 Å². The van der Waals surface area contributed by atoms with Crippen LogP contribution in [0.3, 0.4) is 0 Å². The largest absolute Gasteiger partial charge is 0.502 e. The lowest BCUT2D eigenvalue weighted by atomic mass is 9.89. The third-order valence-corrected chi connectivity index (χ3v) is 2.89. The molecule has 0 saturated heterocycles. The molecule has 0 fully saturated rings. The van der Waals surface area contributed by atoms with Gasteiger partial charge in [-0.05, 0) is 12.1 Å². The van der Waals surface area contributed by atoms with Crippen LogP contribution in [0.15, 0.2) is 12.1 Å². The standard InChI is InChI=1S/C12H14F3NO5/c1-19-7-4-6(5-8(20-2)9(7)17)11(16,10(18)21-3)12(13,14)15/h4-5,17H,16H2,1-3H3. The fourth-order valence-electron chi connectivity index (χ4n) is 1.68. The van der Waals surface area contributed by atoms with Gasteiger partial charge in [-0.2, -0.15) is 13.2 Å². The number of hydrogen-bond donors (Lipinski definition) is 2. The predicted molar refractivity (Wildman–Crippen MR) is 65.1 cm³/mol. The highest BCUT2D eigenvalue weighted by atomic mass is 19.4. The highest BCUT2D eigenvalue weighted by Crippen LogP contribution is 2.44. The number of halogens is 3. The van der Waals surface area contributed by atoms with E-state index in [4.69, 9.17) is 15.2 Å². The van der Waals surface area contributed by atoms with Crippen molar-refractivity contribution in [1.29, 1.82) is 0 Å². The van der Waals surface area contributed by atoms with E-state index in [9.17, 15) is 23.1 Å². The van der Waals surface area contributed by atoms with Gasteiger partial charge in [0.25, 0.3) is 0 Å². The molecule has 1 atom stereocenters. The Hall–Kier alpha value is -2.16. The minimum atomic E-state index is -5.13. The van der Waals surface area contributed by atoms with Crippen LogP contribution < -0.4 is 15.2 Å². The van der Waals surface area contributed by atoms with Crippen molar-refractivity contribution in [3.63, 3.8) is 0 Å². The summed E-state index contributed by atoms with van der Waals surface area (Å²) in [6.07, 6.45) is -5.13. The Balaban J connectivity index is 3.64. The first kappa shape index (κ1) is 16.9. The van der Waals surface area contributed by atoms with Gasteiger partial charge in [0.15, 0.2) is 11.5 Å². The fourth-order valence-corrected chi connectivity index (χ4v) is 1.68. The molecule has 0 heterocycles. The third-order valence-electron chi connectivity index (χ3n) is 2.89. The highest BCUT2D eigenvalue weighted by Gasteiger charge is 2.60. The summed E-state index contributed by atoms with van der Waals surface area (Å²) in [6.45, 7) is 0. The van der Waals surface area contributed by atoms with E-state index < -0.39 is 29.0 Å². The molecule has 0 saturated carbocycles. The first-order chi connectivity index (χ1) is 9.63. The minimum absolute atomic E-state index is 0.327. The molecule has 0 radical (unpaired) electrons. The number of carbonyl (C=O) groups excluding carboxylic acids is 1. The second-order valence-electron chi connectivity index (χ2n) is 4.03. The number of hydrogen-bond acceptors (Lipinski definition) is 6. The average Bonchev–Trinajstić information content (AvgIpc) is 2.44. The quantitative estimate of drug-likeness (QED) is 0.815. The summed E-state index contributed by atoms with van der Waals surface area (Å²) in [4.78, 5) is 11.6. The number of nitrogens with two attached hydrogens (primary N) is 1. The molecule has 0 aliphatic heterocycles. The first-order valence-corrected chi connectivity index (χ1v) is 5.53. The third kappa shape index (κ3) is 2.68. The molecule has 118 valence electrons. The van der Waals surface area contributed by atoms with E-state index >= 15 is 0 Å². The maximum Gasteiger partial charge on any atom is 0.421 e. The van der Waals surface area contributed by atoms with Crippen LogP contribution in [-0.2, 0) is 15.1 Å². The van der Waals surface area contributed by atoms with E-state index in [1.54, 1.807) is 0 Å². The molecule has 0 amide bonds. The summed E-state index contributed by atoms with van der Waals surface area (Å²) in [5.41, 5.74) is 1.15. The SMILES string of the molecule is COC(=O)C(N)(c1cc(OC)c(O)c(OC)c1)C(F)(F)F.